The van der Waals surface area contributed by atoms with Gasteiger partial charge in [-0.05, 0) is 18.2 Å². The maximum absolute atomic E-state index is 12.6. The largest absolute Gasteiger partial charge is 0.461 e. The Morgan fingerprint density at radius 2 is 1.86 bits per heavy atom. The number of hydrogen-bond acceptors (Lipinski definition) is 8. The van der Waals surface area contributed by atoms with E-state index in [0.717, 1.165) is 37.6 Å². The molecule has 0 atom stereocenters. The Labute approximate surface area is 218 Å². The lowest BCUT2D eigenvalue weighted by Crippen LogP contribution is -2.42. The standard InChI is InChI=1S/C25H27ClN8O3/c1-32-15-21(30-31-32)24(35)34-8-6-18(7-9-34)37-25-27-20-14-19(26)22(28-23(20)29-25)16-2-4-17(5-3-16)33-10-12-36-13-11-33/h2-5,14-15,18H,6-13H2,1H3,(H,27,28,29). The first-order valence-corrected chi connectivity index (χ1v) is 12.7. The van der Waals surface area contributed by atoms with Crippen LogP contribution < -0.4 is 9.64 Å². The number of hydrogen-bond donors (Lipinski definition) is 1. The Bertz CT molecular complexity index is 1410. The number of amides is 1. The molecule has 0 bridgehead atoms. The first-order chi connectivity index (χ1) is 18.0. The average Bonchev–Trinajstić information content (AvgIpc) is 3.54. The minimum absolute atomic E-state index is 0.0610. The summed E-state index contributed by atoms with van der Waals surface area (Å²) >= 11 is 6.60. The molecule has 1 N–H and O–H groups in total. The van der Waals surface area contributed by atoms with Gasteiger partial charge in [0.15, 0.2) is 11.3 Å². The minimum atomic E-state index is -0.111. The van der Waals surface area contributed by atoms with Crippen LogP contribution in [0.1, 0.15) is 23.3 Å². The van der Waals surface area contributed by atoms with Gasteiger partial charge in [0.25, 0.3) is 11.9 Å². The number of H-pyrrole nitrogens is 1. The van der Waals surface area contributed by atoms with Gasteiger partial charge in [-0.25, -0.2) is 4.98 Å². The highest BCUT2D eigenvalue weighted by Gasteiger charge is 2.27. The SMILES string of the molecule is Cn1cc(C(=O)N2CCC(Oc3nc4nc(-c5ccc(N6CCOCC6)cc5)c(Cl)cc4[nH]3)CC2)nn1. The average molecular weight is 523 g/mol. The van der Waals surface area contributed by atoms with Crippen molar-refractivity contribution < 1.29 is 14.3 Å². The van der Waals surface area contributed by atoms with Crippen LogP contribution in [0.25, 0.3) is 22.4 Å². The summed E-state index contributed by atoms with van der Waals surface area (Å²) < 4.78 is 13.1. The van der Waals surface area contributed by atoms with Gasteiger partial charge in [0, 0.05) is 57.3 Å². The summed E-state index contributed by atoms with van der Waals surface area (Å²) in [6, 6.07) is 10.5. The number of ether oxygens (including phenoxy) is 2. The van der Waals surface area contributed by atoms with Crippen molar-refractivity contribution >= 4 is 34.4 Å². The number of likely N-dealkylation sites (tertiary alicyclic amines) is 1. The zero-order valence-electron chi connectivity index (χ0n) is 20.4. The quantitative estimate of drug-likeness (QED) is 0.425. The third-order valence-electron chi connectivity index (χ3n) is 6.75. The van der Waals surface area contributed by atoms with Crippen molar-refractivity contribution in [3.8, 4) is 17.3 Å². The van der Waals surface area contributed by atoms with Gasteiger partial charge in [0.1, 0.15) is 6.10 Å². The number of imidazole rings is 1. The number of aryl methyl sites for hydroxylation is 1. The monoisotopic (exact) mass is 522 g/mol. The van der Waals surface area contributed by atoms with Crippen molar-refractivity contribution in [3.63, 3.8) is 0 Å². The van der Waals surface area contributed by atoms with Crippen molar-refractivity contribution in [2.24, 2.45) is 7.05 Å². The fourth-order valence-corrected chi connectivity index (χ4v) is 5.01. The maximum atomic E-state index is 12.6. The van der Waals surface area contributed by atoms with Crippen molar-refractivity contribution in [2.45, 2.75) is 18.9 Å². The topological polar surface area (TPSA) is 114 Å². The number of carbonyl (C=O) groups is 1. The Morgan fingerprint density at radius 3 is 2.57 bits per heavy atom. The van der Waals surface area contributed by atoms with Crippen LogP contribution in [0.2, 0.25) is 5.02 Å². The maximum Gasteiger partial charge on any atom is 0.296 e. The van der Waals surface area contributed by atoms with Crippen molar-refractivity contribution in [1.29, 1.82) is 0 Å². The number of benzene rings is 1. The molecule has 0 unspecified atom stereocenters. The summed E-state index contributed by atoms with van der Waals surface area (Å²) in [5.41, 5.74) is 4.37. The molecule has 2 fully saturated rings. The second-order valence-corrected chi connectivity index (χ2v) is 9.67. The molecular weight excluding hydrogens is 496 g/mol. The van der Waals surface area contributed by atoms with Gasteiger partial charge in [-0.3, -0.25) is 9.48 Å². The molecule has 2 aliphatic rings. The zero-order valence-corrected chi connectivity index (χ0v) is 21.2. The van der Waals surface area contributed by atoms with E-state index >= 15 is 0 Å². The Hall–Kier alpha value is -3.70. The lowest BCUT2D eigenvalue weighted by molar-refractivity contribution is 0.0576. The highest BCUT2D eigenvalue weighted by atomic mass is 35.5. The second-order valence-electron chi connectivity index (χ2n) is 9.27. The fourth-order valence-electron chi connectivity index (χ4n) is 4.75. The first-order valence-electron chi connectivity index (χ1n) is 12.3. The Kier molecular flexibility index (Phi) is 6.39. The number of anilines is 1. The number of piperidine rings is 1. The smallest absolute Gasteiger partial charge is 0.296 e. The summed E-state index contributed by atoms with van der Waals surface area (Å²) in [7, 11) is 1.74. The second kappa shape index (κ2) is 9.98. The lowest BCUT2D eigenvalue weighted by Gasteiger charge is -2.31. The molecule has 12 heteroatoms. The molecule has 2 saturated heterocycles. The van der Waals surface area contributed by atoms with Crippen LogP contribution in [0.5, 0.6) is 6.01 Å². The van der Waals surface area contributed by atoms with Crippen LogP contribution in [0, 0.1) is 0 Å². The molecule has 2 aliphatic heterocycles. The third kappa shape index (κ3) is 4.96. The molecule has 0 aliphatic carbocycles. The lowest BCUT2D eigenvalue weighted by atomic mass is 10.1. The summed E-state index contributed by atoms with van der Waals surface area (Å²) in [5.74, 6) is -0.111. The molecular formula is C25H27ClN8O3. The van der Waals surface area contributed by atoms with Gasteiger partial charge in [-0.15, -0.1) is 5.10 Å². The van der Waals surface area contributed by atoms with Crippen LogP contribution in [0.3, 0.4) is 0 Å². The fraction of sp³-hybridized carbons (Fsp3) is 0.400. The number of carbonyl (C=O) groups excluding carboxylic acids is 1. The molecule has 0 saturated carbocycles. The summed E-state index contributed by atoms with van der Waals surface area (Å²) in [6.07, 6.45) is 2.95. The van der Waals surface area contributed by atoms with Gasteiger partial charge in [0.2, 0.25) is 0 Å². The van der Waals surface area contributed by atoms with Crippen molar-refractivity contribution in [3.05, 3.63) is 47.2 Å². The summed E-state index contributed by atoms with van der Waals surface area (Å²) in [4.78, 5) is 29.1. The number of fused-ring (bicyclic) bond motifs is 1. The van der Waals surface area contributed by atoms with Crippen LogP contribution in [0.15, 0.2) is 36.5 Å². The Morgan fingerprint density at radius 1 is 1.11 bits per heavy atom. The normalized spacial score (nSPS) is 16.9. The van der Waals surface area contributed by atoms with Crippen molar-refractivity contribution in [2.75, 3.05) is 44.3 Å². The highest BCUT2D eigenvalue weighted by Crippen LogP contribution is 2.31. The molecule has 0 spiro atoms. The van der Waals surface area contributed by atoms with Crippen LogP contribution in [-0.4, -0.2) is 86.2 Å². The predicted molar refractivity (Wildman–Crippen MR) is 138 cm³/mol. The number of morpholine rings is 1. The van der Waals surface area contributed by atoms with Gasteiger partial charge in [-0.1, -0.05) is 28.9 Å². The van der Waals surface area contributed by atoms with E-state index in [1.54, 1.807) is 18.1 Å². The molecule has 1 amide bonds. The van der Waals surface area contributed by atoms with E-state index < -0.39 is 0 Å². The Balaban J connectivity index is 1.12. The molecule has 6 rings (SSSR count). The minimum Gasteiger partial charge on any atom is -0.461 e. The van der Waals surface area contributed by atoms with Gasteiger partial charge < -0.3 is 24.3 Å². The van der Waals surface area contributed by atoms with Crippen LogP contribution >= 0.6 is 11.6 Å². The molecule has 37 heavy (non-hydrogen) atoms. The van der Waals surface area contributed by atoms with E-state index in [2.05, 4.69) is 37.3 Å². The summed E-state index contributed by atoms with van der Waals surface area (Å²) in [6.45, 7) is 4.42. The molecule has 11 nitrogen and oxygen atoms in total. The first kappa shape index (κ1) is 23.7. The molecule has 1 aromatic carbocycles. The summed E-state index contributed by atoms with van der Waals surface area (Å²) in [5, 5.41) is 8.29. The van der Waals surface area contributed by atoms with Crippen molar-refractivity contribution in [1.82, 2.24) is 34.8 Å². The van der Waals surface area contributed by atoms with Crippen LogP contribution in [0.4, 0.5) is 5.69 Å². The number of nitrogens with zero attached hydrogens (tertiary/aromatic N) is 7. The van der Waals surface area contributed by atoms with E-state index in [1.165, 1.54) is 4.68 Å². The number of aromatic amines is 1. The van der Waals surface area contributed by atoms with E-state index in [0.29, 0.717) is 59.5 Å². The van der Waals surface area contributed by atoms with E-state index in [4.69, 9.17) is 26.1 Å². The molecule has 0 radical (unpaired) electrons. The van der Waals surface area contributed by atoms with E-state index in [9.17, 15) is 4.79 Å². The van der Waals surface area contributed by atoms with E-state index in [-0.39, 0.29) is 12.0 Å². The van der Waals surface area contributed by atoms with Gasteiger partial charge >= 0.3 is 0 Å². The van der Waals surface area contributed by atoms with Gasteiger partial charge in [0.05, 0.1) is 35.6 Å². The molecule has 5 heterocycles. The molecule has 192 valence electrons. The van der Waals surface area contributed by atoms with Gasteiger partial charge in [-0.2, -0.15) is 4.98 Å². The number of aromatic nitrogens is 6. The van der Waals surface area contributed by atoms with Crippen LogP contribution in [-0.2, 0) is 11.8 Å². The predicted octanol–water partition coefficient (Wildman–Crippen LogP) is 2.93. The number of pyridine rings is 1. The van der Waals surface area contributed by atoms with E-state index in [1.807, 2.05) is 18.2 Å². The third-order valence-corrected chi connectivity index (χ3v) is 7.04. The number of nitrogens with one attached hydrogen (secondary N) is 1. The zero-order chi connectivity index (χ0) is 25.4. The molecule has 4 aromatic rings. The number of halogens is 1. The number of rotatable bonds is 5. The molecule has 3 aromatic heterocycles. The highest BCUT2D eigenvalue weighted by molar-refractivity contribution is 6.33.